The third-order valence-electron chi connectivity index (χ3n) is 4.64. The summed E-state index contributed by atoms with van der Waals surface area (Å²) >= 11 is 0. The zero-order valence-corrected chi connectivity index (χ0v) is 15.1. The van der Waals surface area contributed by atoms with Crippen molar-refractivity contribution < 1.29 is 18.7 Å². The highest BCUT2D eigenvalue weighted by atomic mass is 19.1. The fraction of sp³-hybridized carbons (Fsp3) is 0.333. The number of piperidine rings is 1. The summed E-state index contributed by atoms with van der Waals surface area (Å²) in [5.41, 5.74) is 1.07. The summed E-state index contributed by atoms with van der Waals surface area (Å²) in [5.74, 6) is -1.34. The van der Waals surface area contributed by atoms with Gasteiger partial charge in [-0.25, -0.2) is 4.39 Å². The normalized spacial score (nSPS) is 14.8. The maximum absolute atomic E-state index is 13.6. The molecular weight excluding hydrogens is 347 g/mol. The molecule has 0 aliphatic carbocycles. The second-order valence-corrected chi connectivity index (χ2v) is 6.54. The first-order chi connectivity index (χ1) is 13.1. The average Bonchev–Trinajstić information content (AvgIpc) is 2.72. The Hall–Kier alpha value is -2.73. The van der Waals surface area contributed by atoms with E-state index in [0.29, 0.717) is 19.7 Å². The number of nitrogens with one attached hydrogen (secondary N) is 1. The quantitative estimate of drug-likeness (QED) is 0.851. The Morgan fingerprint density at radius 1 is 1.04 bits per heavy atom. The Labute approximate surface area is 158 Å². The highest BCUT2D eigenvalue weighted by molar-refractivity contribution is 5.96. The number of carbonyl (C=O) groups excluding carboxylic acids is 2. The smallest absolute Gasteiger partial charge is 0.254 e. The van der Waals surface area contributed by atoms with Gasteiger partial charge in [-0.3, -0.25) is 9.59 Å². The molecule has 1 aliphatic rings. The van der Waals surface area contributed by atoms with Crippen LogP contribution in [0.3, 0.4) is 0 Å². The van der Waals surface area contributed by atoms with E-state index in [1.54, 1.807) is 11.0 Å². The van der Waals surface area contributed by atoms with Crippen LogP contribution < -0.4 is 5.32 Å². The van der Waals surface area contributed by atoms with Gasteiger partial charge in [0.25, 0.3) is 5.91 Å². The van der Waals surface area contributed by atoms with Crippen LogP contribution >= 0.6 is 0 Å². The lowest BCUT2D eigenvalue weighted by Gasteiger charge is -2.32. The number of halogens is 1. The van der Waals surface area contributed by atoms with Gasteiger partial charge in [0.15, 0.2) is 0 Å². The number of benzene rings is 2. The Balaban J connectivity index is 1.39. The van der Waals surface area contributed by atoms with Gasteiger partial charge >= 0.3 is 0 Å². The van der Waals surface area contributed by atoms with E-state index in [2.05, 4.69) is 5.32 Å². The fourth-order valence-electron chi connectivity index (χ4n) is 3.07. The second kappa shape index (κ2) is 9.28. The molecule has 2 aromatic carbocycles. The predicted molar refractivity (Wildman–Crippen MR) is 99.6 cm³/mol. The van der Waals surface area contributed by atoms with Crippen LogP contribution in [0.1, 0.15) is 28.8 Å². The molecule has 1 N–H and O–H groups in total. The van der Waals surface area contributed by atoms with Crippen molar-refractivity contribution >= 4 is 11.8 Å². The van der Waals surface area contributed by atoms with E-state index in [9.17, 15) is 14.0 Å². The minimum absolute atomic E-state index is 0.0571. The first-order valence-electron chi connectivity index (χ1n) is 9.09. The molecule has 0 spiro atoms. The number of amides is 2. The Kier molecular flexibility index (Phi) is 6.54. The molecule has 1 aliphatic heterocycles. The second-order valence-electron chi connectivity index (χ2n) is 6.54. The van der Waals surface area contributed by atoms with Gasteiger partial charge in [0.2, 0.25) is 5.91 Å². The van der Waals surface area contributed by atoms with Crippen LogP contribution in [0.4, 0.5) is 4.39 Å². The molecular formula is C21H23FN2O3. The minimum Gasteiger partial charge on any atom is -0.373 e. The van der Waals surface area contributed by atoms with Crippen LogP contribution in [-0.4, -0.2) is 42.5 Å². The molecule has 0 unspecified atom stereocenters. The van der Waals surface area contributed by atoms with E-state index in [1.165, 1.54) is 18.2 Å². The molecule has 0 saturated carbocycles. The first-order valence-corrected chi connectivity index (χ1v) is 9.09. The van der Waals surface area contributed by atoms with Gasteiger partial charge in [0, 0.05) is 13.1 Å². The van der Waals surface area contributed by atoms with Gasteiger partial charge in [-0.1, -0.05) is 42.5 Å². The molecule has 0 bridgehead atoms. The lowest BCUT2D eigenvalue weighted by atomic mass is 10.1. The summed E-state index contributed by atoms with van der Waals surface area (Å²) in [4.78, 5) is 26.0. The molecule has 1 saturated heterocycles. The third-order valence-corrected chi connectivity index (χ3v) is 4.64. The van der Waals surface area contributed by atoms with Crippen molar-refractivity contribution in [2.75, 3.05) is 19.6 Å². The molecule has 1 heterocycles. The van der Waals surface area contributed by atoms with Crippen molar-refractivity contribution in [2.24, 2.45) is 0 Å². The van der Waals surface area contributed by atoms with Crippen LogP contribution in [0.5, 0.6) is 0 Å². The maximum Gasteiger partial charge on any atom is 0.254 e. The Bertz CT molecular complexity index is 774. The van der Waals surface area contributed by atoms with Gasteiger partial charge in [0.05, 0.1) is 24.8 Å². The van der Waals surface area contributed by atoms with E-state index in [0.717, 1.165) is 18.4 Å². The van der Waals surface area contributed by atoms with Crippen LogP contribution in [-0.2, 0) is 16.1 Å². The molecule has 142 valence electrons. The molecule has 0 atom stereocenters. The van der Waals surface area contributed by atoms with Gasteiger partial charge in [-0.15, -0.1) is 0 Å². The van der Waals surface area contributed by atoms with Crippen molar-refractivity contribution in [1.29, 1.82) is 0 Å². The maximum atomic E-state index is 13.6. The summed E-state index contributed by atoms with van der Waals surface area (Å²) in [6.07, 6.45) is 1.65. The number of rotatable bonds is 6. The SMILES string of the molecule is O=C(NCC(=O)N1CCC(OCc2ccccc2)CC1)c1ccccc1F. The molecule has 2 aromatic rings. The molecule has 1 fully saturated rings. The number of carbonyl (C=O) groups is 2. The van der Waals surface area contributed by atoms with Crippen molar-refractivity contribution in [3.05, 3.63) is 71.5 Å². The van der Waals surface area contributed by atoms with E-state index in [-0.39, 0.29) is 24.1 Å². The highest BCUT2D eigenvalue weighted by Crippen LogP contribution is 2.16. The summed E-state index contributed by atoms with van der Waals surface area (Å²) in [7, 11) is 0. The molecule has 0 radical (unpaired) electrons. The van der Waals surface area contributed by atoms with E-state index >= 15 is 0 Å². The number of hydrogen-bond donors (Lipinski definition) is 1. The first kappa shape index (κ1) is 19.0. The van der Waals surface area contributed by atoms with E-state index < -0.39 is 11.7 Å². The largest absolute Gasteiger partial charge is 0.373 e. The Morgan fingerprint density at radius 3 is 2.41 bits per heavy atom. The van der Waals surface area contributed by atoms with E-state index in [4.69, 9.17) is 4.74 Å². The van der Waals surface area contributed by atoms with Crippen molar-refractivity contribution in [3.8, 4) is 0 Å². The number of ether oxygens (including phenoxy) is 1. The van der Waals surface area contributed by atoms with Crippen molar-refractivity contribution in [1.82, 2.24) is 10.2 Å². The van der Waals surface area contributed by atoms with Gasteiger partial charge in [0.1, 0.15) is 5.82 Å². The average molecular weight is 370 g/mol. The third kappa shape index (κ3) is 5.37. The molecule has 3 rings (SSSR count). The highest BCUT2D eigenvalue weighted by Gasteiger charge is 2.23. The Morgan fingerprint density at radius 2 is 1.70 bits per heavy atom. The summed E-state index contributed by atoms with van der Waals surface area (Å²) in [6.45, 7) is 1.61. The lowest BCUT2D eigenvalue weighted by molar-refractivity contribution is -0.132. The summed E-state index contributed by atoms with van der Waals surface area (Å²) in [5, 5.41) is 2.49. The van der Waals surface area contributed by atoms with Gasteiger partial charge < -0.3 is 15.0 Å². The molecule has 6 heteroatoms. The zero-order valence-electron chi connectivity index (χ0n) is 15.1. The minimum atomic E-state index is -0.598. The predicted octanol–water partition coefficient (Wildman–Crippen LogP) is 2.76. The number of nitrogens with zero attached hydrogens (tertiary/aromatic N) is 1. The number of likely N-dealkylation sites (tertiary alicyclic amines) is 1. The molecule has 2 amide bonds. The number of hydrogen-bond acceptors (Lipinski definition) is 3. The van der Waals surface area contributed by atoms with Crippen LogP contribution in [0.15, 0.2) is 54.6 Å². The van der Waals surface area contributed by atoms with Crippen molar-refractivity contribution in [3.63, 3.8) is 0 Å². The molecule has 0 aromatic heterocycles. The standard InChI is InChI=1S/C21H23FN2O3/c22-19-9-5-4-8-18(19)21(26)23-14-20(25)24-12-10-17(11-13-24)27-15-16-6-2-1-3-7-16/h1-9,17H,10-15H2,(H,23,26). The van der Waals surface area contributed by atoms with Crippen LogP contribution in [0.2, 0.25) is 0 Å². The summed E-state index contributed by atoms with van der Waals surface area (Å²) in [6, 6.07) is 15.7. The van der Waals surface area contributed by atoms with E-state index in [1.807, 2.05) is 30.3 Å². The lowest BCUT2D eigenvalue weighted by Crippen LogP contribution is -2.45. The zero-order chi connectivity index (χ0) is 19.1. The fourth-order valence-corrected chi connectivity index (χ4v) is 3.07. The molecule has 5 nitrogen and oxygen atoms in total. The summed E-state index contributed by atoms with van der Waals surface area (Å²) < 4.78 is 19.5. The topological polar surface area (TPSA) is 58.6 Å². The van der Waals surface area contributed by atoms with Gasteiger partial charge in [-0.05, 0) is 30.5 Å². The molecule has 27 heavy (non-hydrogen) atoms. The van der Waals surface area contributed by atoms with Crippen molar-refractivity contribution in [2.45, 2.75) is 25.6 Å². The monoisotopic (exact) mass is 370 g/mol. The van der Waals surface area contributed by atoms with Gasteiger partial charge in [-0.2, -0.15) is 0 Å². The van der Waals surface area contributed by atoms with Crippen LogP contribution in [0.25, 0.3) is 0 Å². The van der Waals surface area contributed by atoms with Crippen LogP contribution in [0, 0.1) is 5.82 Å².